The first-order valence-electron chi connectivity index (χ1n) is 6.61. The summed E-state index contributed by atoms with van der Waals surface area (Å²) in [5.41, 5.74) is 0.128. The first-order chi connectivity index (χ1) is 10.1. The number of carbonyl (C=O) groups is 3. The van der Waals surface area contributed by atoms with Crippen molar-refractivity contribution in [3.8, 4) is 0 Å². The molecule has 1 amide bonds. The molecule has 3 N–H and O–H groups in total. The molecular formula is C15H19NO6. The van der Waals surface area contributed by atoms with E-state index in [0.29, 0.717) is 11.1 Å². The van der Waals surface area contributed by atoms with Crippen molar-refractivity contribution >= 4 is 18.0 Å². The normalized spacial score (nSPS) is 12.3. The molecule has 1 rings (SSSR count). The van der Waals surface area contributed by atoms with Gasteiger partial charge < -0.3 is 20.3 Å². The van der Waals surface area contributed by atoms with Gasteiger partial charge in [0, 0.05) is 0 Å². The first kappa shape index (κ1) is 17.5. The molecule has 7 nitrogen and oxygen atoms in total. The van der Waals surface area contributed by atoms with Crippen molar-refractivity contribution in [2.45, 2.75) is 38.8 Å². The lowest BCUT2D eigenvalue weighted by atomic mass is 10.0. The standard InChI is InChI=1S/C15H19NO6/c1-15(2,3)22-14(21)16-12(13(19)20)10-6-4-9(5-7-10)8-11(17)18/h4-7,12H,8H2,1-3H3,(H,16,21)(H,17,18)(H,19,20)/t12-/m1/s1. The van der Waals surface area contributed by atoms with Crippen LogP contribution in [0.4, 0.5) is 4.79 Å². The number of carboxylic acid groups (broad SMARTS) is 2. The first-order valence-corrected chi connectivity index (χ1v) is 6.61. The molecule has 0 aliphatic heterocycles. The van der Waals surface area contributed by atoms with Gasteiger partial charge in [0.05, 0.1) is 6.42 Å². The summed E-state index contributed by atoms with van der Waals surface area (Å²) in [5, 5.41) is 20.2. The second kappa shape index (κ2) is 6.93. The average molecular weight is 309 g/mol. The monoisotopic (exact) mass is 309 g/mol. The fourth-order valence-corrected chi connectivity index (χ4v) is 1.72. The Morgan fingerprint density at radius 3 is 2.09 bits per heavy atom. The number of carbonyl (C=O) groups excluding carboxylic acids is 1. The number of ether oxygens (including phenoxy) is 1. The third-order valence-electron chi connectivity index (χ3n) is 2.58. The second-order valence-corrected chi connectivity index (χ2v) is 5.73. The number of aliphatic carboxylic acids is 2. The van der Waals surface area contributed by atoms with Gasteiger partial charge in [0.1, 0.15) is 5.60 Å². The highest BCUT2D eigenvalue weighted by Gasteiger charge is 2.25. The third kappa shape index (κ3) is 5.82. The molecule has 22 heavy (non-hydrogen) atoms. The number of hydrogen-bond acceptors (Lipinski definition) is 4. The van der Waals surface area contributed by atoms with E-state index in [1.54, 1.807) is 20.8 Å². The Balaban J connectivity index is 2.85. The molecule has 1 aromatic carbocycles. The predicted octanol–water partition coefficient (Wildman–Crippen LogP) is 1.96. The molecule has 0 saturated carbocycles. The van der Waals surface area contributed by atoms with Crippen LogP contribution in [0.3, 0.4) is 0 Å². The lowest BCUT2D eigenvalue weighted by Gasteiger charge is -2.22. The molecule has 1 atom stereocenters. The maximum absolute atomic E-state index is 11.7. The Kier molecular flexibility index (Phi) is 5.50. The van der Waals surface area contributed by atoms with Crippen LogP contribution in [-0.4, -0.2) is 33.8 Å². The quantitative estimate of drug-likeness (QED) is 0.766. The maximum Gasteiger partial charge on any atom is 0.408 e. The Hall–Kier alpha value is -2.57. The molecule has 0 spiro atoms. The minimum absolute atomic E-state index is 0.155. The van der Waals surface area contributed by atoms with Crippen molar-refractivity contribution in [3.63, 3.8) is 0 Å². The number of nitrogens with one attached hydrogen (secondary N) is 1. The van der Waals surface area contributed by atoms with Gasteiger partial charge in [0.2, 0.25) is 0 Å². The van der Waals surface area contributed by atoms with Crippen LogP contribution in [0, 0.1) is 0 Å². The largest absolute Gasteiger partial charge is 0.481 e. The Morgan fingerprint density at radius 1 is 1.14 bits per heavy atom. The minimum Gasteiger partial charge on any atom is -0.481 e. The lowest BCUT2D eigenvalue weighted by Crippen LogP contribution is -2.38. The molecule has 0 aliphatic rings. The van der Waals surface area contributed by atoms with Gasteiger partial charge in [-0.25, -0.2) is 9.59 Å². The maximum atomic E-state index is 11.7. The highest BCUT2D eigenvalue weighted by atomic mass is 16.6. The van der Waals surface area contributed by atoms with Crippen molar-refractivity contribution in [1.82, 2.24) is 5.32 Å². The highest BCUT2D eigenvalue weighted by Crippen LogP contribution is 2.16. The topological polar surface area (TPSA) is 113 Å². The SMILES string of the molecule is CC(C)(C)OC(=O)N[C@@H](C(=O)O)c1ccc(CC(=O)O)cc1. The molecular weight excluding hydrogens is 290 g/mol. The van der Waals surface area contributed by atoms with Gasteiger partial charge in [-0.05, 0) is 31.9 Å². The van der Waals surface area contributed by atoms with Crippen molar-refractivity contribution in [2.75, 3.05) is 0 Å². The lowest BCUT2D eigenvalue weighted by molar-refractivity contribution is -0.140. The zero-order valence-electron chi connectivity index (χ0n) is 12.6. The number of amides is 1. The smallest absolute Gasteiger partial charge is 0.408 e. The zero-order chi connectivity index (χ0) is 16.9. The molecule has 0 bridgehead atoms. The molecule has 7 heteroatoms. The summed E-state index contributed by atoms with van der Waals surface area (Å²) >= 11 is 0. The van der Waals surface area contributed by atoms with Crippen LogP contribution in [0.15, 0.2) is 24.3 Å². The van der Waals surface area contributed by atoms with Crippen LogP contribution in [-0.2, 0) is 20.7 Å². The van der Waals surface area contributed by atoms with E-state index in [2.05, 4.69) is 5.32 Å². The fourth-order valence-electron chi connectivity index (χ4n) is 1.72. The fraction of sp³-hybridized carbons (Fsp3) is 0.400. The van der Waals surface area contributed by atoms with Crippen LogP contribution < -0.4 is 5.32 Å². The molecule has 0 heterocycles. The number of hydrogen-bond donors (Lipinski definition) is 3. The van der Waals surface area contributed by atoms with Gasteiger partial charge in [-0.2, -0.15) is 0 Å². The van der Waals surface area contributed by atoms with Crippen LogP contribution in [0.5, 0.6) is 0 Å². The molecule has 0 aromatic heterocycles. The van der Waals surface area contributed by atoms with Crippen molar-refractivity contribution in [1.29, 1.82) is 0 Å². The summed E-state index contributed by atoms with van der Waals surface area (Å²) in [6, 6.07) is 4.68. The predicted molar refractivity (Wildman–Crippen MR) is 77.5 cm³/mol. The van der Waals surface area contributed by atoms with E-state index in [0.717, 1.165) is 0 Å². The van der Waals surface area contributed by atoms with Gasteiger partial charge in [-0.3, -0.25) is 4.79 Å². The minimum atomic E-state index is -1.27. The van der Waals surface area contributed by atoms with Crippen molar-refractivity contribution < 1.29 is 29.3 Å². The number of alkyl carbamates (subject to hydrolysis) is 1. The third-order valence-corrected chi connectivity index (χ3v) is 2.58. The summed E-state index contributed by atoms with van der Waals surface area (Å²) in [5.74, 6) is -2.22. The van der Waals surface area contributed by atoms with Crippen molar-refractivity contribution in [3.05, 3.63) is 35.4 Å². The van der Waals surface area contributed by atoms with Gasteiger partial charge in [-0.1, -0.05) is 24.3 Å². The van der Waals surface area contributed by atoms with Crippen molar-refractivity contribution in [2.24, 2.45) is 0 Å². The number of benzene rings is 1. The summed E-state index contributed by atoms with van der Waals surface area (Å²) < 4.78 is 5.03. The molecule has 0 radical (unpaired) electrons. The van der Waals surface area contributed by atoms with Gasteiger partial charge in [-0.15, -0.1) is 0 Å². The van der Waals surface area contributed by atoms with Gasteiger partial charge in [0.25, 0.3) is 0 Å². The Labute approximate surface area is 127 Å². The van der Waals surface area contributed by atoms with E-state index in [-0.39, 0.29) is 6.42 Å². The van der Waals surface area contributed by atoms with E-state index >= 15 is 0 Å². The van der Waals surface area contributed by atoms with Crippen LogP contribution >= 0.6 is 0 Å². The van der Waals surface area contributed by atoms with E-state index in [9.17, 15) is 19.5 Å². The Morgan fingerprint density at radius 2 is 1.68 bits per heavy atom. The molecule has 0 aliphatic carbocycles. The zero-order valence-corrected chi connectivity index (χ0v) is 12.6. The number of rotatable bonds is 5. The molecule has 1 aromatic rings. The Bertz CT molecular complexity index is 558. The summed E-state index contributed by atoms with van der Waals surface area (Å²) in [6.45, 7) is 5.01. The molecule has 0 unspecified atom stereocenters. The van der Waals surface area contributed by atoms with E-state index < -0.39 is 29.7 Å². The van der Waals surface area contributed by atoms with E-state index in [1.165, 1.54) is 24.3 Å². The van der Waals surface area contributed by atoms with E-state index in [1.807, 2.05) is 0 Å². The number of carboxylic acids is 2. The average Bonchev–Trinajstić information content (AvgIpc) is 2.34. The molecule has 120 valence electrons. The van der Waals surface area contributed by atoms with Crippen LogP contribution in [0.25, 0.3) is 0 Å². The molecule has 0 saturated heterocycles. The summed E-state index contributed by atoms with van der Waals surface area (Å²) in [4.78, 5) is 33.6. The van der Waals surface area contributed by atoms with Crippen LogP contribution in [0.1, 0.15) is 37.9 Å². The summed E-state index contributed by atoms with van der Waals surface area (Å²) in [6.07, 6.45) is -0.994. The molecule has 0 fully saturated rings. The van der Waals surface area contributed by atoms with Crippen LogP contribution in [0.2, 0.25) is 0 Å². The van der Waals surface area contributed by atoms with Gasteiger partial charge >= 0.3 is 18.0 Å². The summed E-state index contributed by atoms with van der Waals surface area (Å²) in [7, 11) is 0. The van der Waals surface area contributed by atoms with E-state index in [4.69, 9.17) is 9.84 Å². The second-order valence-electron chi connectivity index (χ2n) is 5.73. The van der Waals surface area contributed by atoms with Gasteiger partial charge in [0.15, 0.2) is 6.04 Å². The highest BCUT2D eigenvalue weighted by molar-refractivity contribution is 5.81.